The zero-order chi connectivity index (χ0) is 12.9. The number of rotatable bonds is 5. The molecule has 0 atom stereocenters. The standard InChI is InChI=1S/C13H16F4/c1-2-3-4-5-6-10-7-11(13(15,16)17)9-12(14)8-10/h7-9H,2-6H2,1H3. The fourth-order valence-electron chi connectivity index (χ4n) is 1.71. The highest BCUT2D eigenvalue weighted by Gasteiger charge is 2.31. The third kappa shape index (κ3) is 4.75. The normalized spacial score (nSPS) is 11.8. The third-order valence-electron chi connectivity index (χ3n) is 2.60. The molecule has 0 bridgehead atoms. The number of aryl methyl sites for hydroxylation is 1. The van der Waals surface area contributed by atoms with Gasteiger partial charge in [0.25, 0.3) is 0 Å². The molecule has 1 rings (SSSR count). The zero-order valence-corrected chi connectivity index (χ0v) is 9.78. The third-order valence-corrected chi connectivity index (χ3v) is 2.60. The van der Waals surface area contributed by atoms with Gasteiger partial charge in [0, 0.05) is 0 Å². The molecule has 17 heavy (non-hydrogen) atoms. The quantitative estimate of drug-likeness (QED) is 0.510. The number of halogens is 4. The van der Waals surface area contributed by atoms with Crippen molar-refractivity contribution >= 4 is 0 Å². The Balaban J connectivity index is 2.69. The van der Waals surface area contributed by atoms with Crippen LogP contribution >= 0.6 is 0 Å². The Morgan fingerprint density at radius 2 is 1.71 bits per heavy atom. The van der Waals surface area contributed by atoms with Crippen LogP contribution in [0.4, 0.5) is 17.6 Å². The lowest BCUT2D eigenvalue weighted by Gasteiger charge is -2.09. The molecule has 0 nitrogen and oxygen atoms in total. The second kappa shape index (κ2) is 6.03. The molecule has 0 aliphatic heterocycles. The lowest BCUT2D eigenvalue weighted by Crippen LogP contribution is -2.06. The van der Waals surface area contributed by atoms with Crippen LogP contribution < -0.4 is 0 Å². The van der Waals surface area contributed by atoms with Crippen molar-refractivity contribution in [2.75, 3.05) is 0 Å². The molecule has 1 aromatic rings. The first-order valence-corrected chi connectivity index (χ1v) is 5.80. The van der Waals surface area contributed by atoms with E-state index in [-0.39, 0.29) is 0 Å². The van der Waals surface area contributed by atoms with E-state index in [1.165, 1.54) is 6.07 Å². The van der Waals surface area contributed by atoms with Crippen LogP contribution in [0, 0.1) is 5.82 Å². The molecule has 0 aromatic heterocycles. The lowest BCUT2D eigenvalue weighted by molar-refractivity contribution is -0.137. The fourth-order valence-corrected chi connectivity index (χ4v) is 1.71. The first-order chi connectivity index (χ1) is 7.93. The molecule has 0 heterocycles. The van der Waals surface area contributed by atoms with E-state index < -0.39 is 17.6 Å². The van der Waals surface area contributed by atoms with E-state index >= 15 is 0 Å². The van der Waals surface area contributed by atoms with Crippen molar-refractivity contribution < 1.29 is 17.6 Å². The number of hydrogen-bond donors (Lipinski definition) is 0. The minimum absolute atomic E-state index is 0.424. The van der Waals surface area contributed by atoms with Gasteiger partial charge in [0.05, 0.1) is 5.56 Å². The number of unbranched alkanes of at least 4 members (excludes halogenated alkanes) is 3. The van der Waals surface area contributed by atoms with Crippen LogP contribution in [-0.4, -0.2) is 0 Å². The van der Waals surface area contributed by atoms with Crippen molar-refractivity contribution in [2.24, 2.45) is 0 Å². The van der Waals surface area contributed by atoms with E-state index in [0.29, 0.717) is 18.1 Å². The number of alkyl halides is 3. The SMILES string of the molecule is CCCCCCc1cc(F)cc(C(F)(F)F)c1. The summed E-state index contributed by atoms with van der Waals surface area (Å²) in [5, 5.41) is 0. The molecule has 96 valence electrons. The molecule has 1 aromatic carbocycles. The van der Waals surface area contributed by atoms with Gasteiger partial charge in [-0.15, -0.1) is 0 Å². The van der Waals surface area contributed by atoms with Crippen molar-refractivity contribution in [3.05, 3.63) is 35.1 Å². The van der Waals surface area contributed by atoms with Gasteiger partial charge in [-0.3, -0.25) is 0 Å². The Morgan fingerprint density at radius 1 is 1.00 bits per heavy atom. The van der Waals surface area contributed by atoms with Crippen LogP contribution in [0.2, 0.25) is 0 Å². The van der Waals surface area contributed by atoms with E-state index in [4.69, 9.17) is 0 Å². The lowest BCUT2D eigenvalue weighted by atomic mass is 10.0. The van der Waals surface area contributed by atoms with Crippen molar-refractivity contribution in [1.82, 2.24) is 0 Å². The van der Waals surface area contributed by atoms with Gasteiger partial charge in [-0.2, -0.15) is 13.2 Å². The molecule has 4 heteroatoms. The van der Waals surface area contributed by atoms with E-state index in [1.54, 1.807) is 0 Å². The van der Waals surface area contributed by atoms with Crippen molar-refractivity contribution in [3.63, 3.8) is 0 Å². The van der Waals surface area contributed by atoms with Gasteiger partial charge in [-0.1, -0.05) is 26.2 Å². The summed E-state index contributed by atoms with van der Waals surface area (Å²) in [4.78, 5) is 0. The molecule has 0 saturated carbocycles. The van der Waals surface area contributed by atoms with Crippen LogP contribution in [-0.2, 0) is 12.6 Å². The summed E-state index contributed by atoms with van der Waals surface area (Å²) >= 11 is 0. The van der Waals surface area contributed by atoms with Gasteiger partial charge in [0.15, 0.2) is 0 Å². The van der Waals surface area contributed by atoms with Gasteiger partial charge >= 0.3 is 6.18 Å². The predicted molar refractivity (Wildman–Crippen MR) is 59.2 cm³/mol. The summed E-state index contributed by atoms with van der Waals surface area (Å²) in [5.74, 6) is -0.815. The zero-order valence-electron chi connectivity index (χ0n) is 9.78. The Bertz CT molecular complexity index is 355. The molecule has 0 unspecified atom stereocenters. The van der Waals surface area contributed by atoms with Gasteiger partial charge in [0.2, 0.25) is 0 Å². The molecule has 0 aliphatic carbocycles. The highest BCUT2D eigenvalue weighted by Crippen LogP contribution is 2.30. The maximum absolute atomic E-state index is 13.0. The minimum atomic E-state index is -4.47. The summed E-state index contributed by atoms with van der Waals surface area (Å²) in [7, 11) is 0. The molecular weight excluding hydrogens is 232 g/mol. The molecular formula is C13H16F4. The largest absolute Gasteiger partial charge is 0.416 e. The Hall–Kier alpha value is -1.06. The minimum Gasteiger partial charge on any atom is -0.207 e. The number of benzene rings is 1. The molecule has 0 N–H and O–H groups in total. The summed E-state index contributed by atoms with van der Waals surface area (Å²) < 4.78 is 50.3. The summed E-state index contributed by atoms with van der Waals surface area (Å²) in [6.45, 7) is 2.06. The molecule has 0 saturated heterocycles. The predicted octanol–water partition coefficient (Wildman–Crippen LogP) is 4.97. The van der Waals surface area contributed by atoms with E-state index in [9.17, 15) is 17.6 Å². The number of hydrogen-bond acceptors (Lipinski definition) is 0. The molecule has 0 amide bonds. The van der Waals surface area contributed by atoms with Crippen LogP contribution in [0.25, 0.3) is 0 Å². The van der Waals surface area contributed by atoms with Gasteiger partial charge in [0.1, 0.15) is 5.82 Å². The Morgan fingerprint density at radius 3 is 2.29 bits per heavy atom. The monoisotopic (exact) mass is 248 g/mol. The Kier molecular flexibility index (Phi) is 4.97. The summed E-state index contributed by atoms with van der Waals surface area (Å²) in [6, 6.07) is 2.76. The summed E-state index contributed by atoms with van der Waals surface area (Å²) in [5.41, 5.74) is -0.476. The van der Waals surface area contributed by atoms with Gasteiger partial charge in [-0.25, -0.2) is 4.39 Å². The van der Waals surface area contributed by atoms with Crippen molar-refractivity contribution in [3.8, 4) is 0 Å². The van der Waals surface area contributed by atoms with Crippen LogP contribution in [0.15, 0.2) is 18.2 Å². The second-order valence-electron chi connectivity index (χ2n) is 4.16. The Labute approximate surface area is 98.6 Å². The van der Waals surface area contributed by atoms with Crippen LogP contribution in [0.5, 0.6) is 0 Å². The highest BCUT2D eigenvalue weighted by molar-refractivity contribution is 5.26. The molecule has 0 spiro atoms. The first-order valence-electron chi connectivity index (χ1n) is 5.80. The van der Waals surface area contributed by atoms with Gasteiger partial charge < -0.3 is 0 Å². The van der Waals surface area contributed by atoms with Crippen LogP contribution in [0.3, 0.4) is 0 Å². The van der Waals surface area contributed by atoms with E-state index in [0.717, 1.165) is 31.7 Å². The van der Waals surface area contributed by atoms with E-state index in [1.807, 2.05) is 0 Å². The highest BCUT2D eigenvalue weighted by atomic mass is 19.4. The maximum atomic E-state index is 13.0. The van der Waals surface area contributed by atoms with Gasteiger partial charge in [-0.05, 0) is 36.6 Å². The average molecular weight is 248 g/mol. The molecule has 0 fully saturated rings. The molecule has 0 aliphatic rings. The van der Waals surface area contributed by atoms with Crippen molar-refractivity contribution in [2.45, 2.75) is 45.2 Å². The topological polar surface area (TPSA) is 0 Å². The van der Waals surface area contributed by atoms with Crippen molar-refractivity contribution in [1.29, 1.82) is 0 Å². The fraction of sp³-hybridized carbons (Fsp3) is 0.538. The second-order valence-corrected chi connectivity index (χ2v) is 4.16. The average Bonchev–Trinajstić information content (AvgIpc) is 2.22. The smallest absolute Gasteiger partial charge is 0.207 e. The van der Waals surface area contributed by atoms with Crippen LogP contribution in [0.1, 0.15) is 43.7 Å². The molecule has 0 radical (unpaired) electrons. The first kappa shape index (κ1) is 14.0. The maximum Gasteiger partial charge on any atom is 0.416 e. The van der Waals surface area contributed by atoms with E-state index in [2.05, 4.69) is 6.92 Å². The summed E-state index contributed by atoms with van der Waals surface area (Å²) in [6.07, 6.45) is -0.0809.